The van der Waals surface area contributed by atoms with Gasteiger partial charge in [0.15, 0.2) is 0 Å². The van der Waals surface area contributed by atoms with Gasteiger partial charge in [-0.05, 0) is 24.1 Å². The lowest BCUT2D eigenvalue weighted by Crippen LogP contribution is -2.70. The van der Waals surface area contributed by atoms with E-state index in [2.05, 4.69) is 10.3 Å². The summed E-state index contributed by atoms with van der Waals surface area (Å²) in [4.78, 5) is 43.4. The van der Waals surface area contributed by atoms with Crippen LogP contribution in [0.5, 0.6) is 0 Å². The van der Waals surface area contributed by atoms with Crippen molar-refractivity contribution in [3.8, 4) is 0 Å². The molecule has 2 atom stereocenters. The SMILES string of the molecule is Cc1ncsc1/C=C/C1=C(C(=O)O)N2C(=O)C(NC(=O)Cc3ccccc3)C2SC1. The number of carbonyl (C=O) groups excluding carboxylic acids is 2. The predicted molar refractivity (Wildman–Crippen MR) is 116 cm³/mol. The number of nitrogens with zero attached hydrogens (tertiary/aromatic N) is 2. The number of benzene rings is 1. The van der Waals surface area contributed by atoms with Crippen LogP contribution in [0.2, 0.25) is 0 Å². The van der Waals surface area contributed by atoms with Gasteiger partial charge in [-0.15, -0.1) is 23.1 Å². The highest BCUT2D eigenvalue weighted by atomic mass is 32.2. The van der Waals surface area contributed by atoms with Gasteiger partial charge in [0.25, 0.3) is 5.91 Å². The number of carboxylic acids is 1. The summed E-state index contributed by atoms with van der Waals surface area (Å²) in [7, 11) is 0. The minimum absolute atomic E-state index is 0.0178. The molecule has 1 aromatic carbocycles. The van der Waals surface area contributed by atoms with Gasteiger partial charge < -0.3 is 10.4 Å². The molecular formula is C21H19N3O4S2. The summed E-state index contributed by atoms with van der Waals surface area (Å²) in [6.07, 6.45) is 3.74. The van der Waals surface area contributed by atoms with E-state index in [0.29, 0.717) is 11.3 Å². The zero-order chi connectivity index (χ0) is 21.3. The highest BCUT2D eigenvalue weighted by Gasteiger charge is 2.53. The van der Waals surface area contributed by atoms with Crippen LogP contribution >= 0.6 is 23.1 Å². The fourth-order valence-electron chi connectivity index (χ4n) is 3.42. The van der Waals surface area contributed by atoms with Crippen molar-refractivity contribution < 1.29 is 19.5 Å². The molecule has 0 spiro atoms. The van der Waals surface area contributed by atoms with Crippen LogP contribution in [0.4, 0.5) is 0 Å². The zero-order valence-corrected chi connectivity index (χ0v) is 17.7. The molecule has 2 aliphatic rings. The molecule has 1 aromatic heterocycles. The van der Waals surface area contributed by atoms with E-state index < -0.39 is 23.3 Å². The average molecular weight is 442 g/mol. The molecule has 2 unspecified atom stereocenters. The fourth-order valence-corrected chi connectivity index (χ4v) is 5.44. The number of β-lactam (4-membered cyclic amide) rings is 1. The number of thiazole rings is 1. The highest BCUT2D eigenvalue weighted by molar-refractivity contribution is 8.00. The number of nitrogens with one attached hydrogen (secondary N) is 1. The summed E-state index contributed by atoms with van der Waals surface area (Å²) < 4.78 is 0. The van der Waals surface area contributed by atoms with Crippen LogP contribution in [0.25, 0.3) is 6.08 Å². The number of amides is 2. The van der Waals surface area contributed by atoms with Gasteiger partial charge in [0, 0.05) is 10.6 Å². The Balaban J connectivity index is 1.49. The standard InChI is InChI=1S/C21H19N3O4S2/c1-12-15(30-11-22-12)8-7-14-10-29-20-17(19(26)24(20)18(14)21(27)28)23-16(25)9-13-5-3-2-4-6-13/h2-8,11,17,20H,9-10H2,1H3,(H,23,25)(H,27,28)/b8-7+. The number of fused-ring (bicyclic) bond motifs is 1. The molecule has 1 fully saturated rings. The number of hydrogen-bond acceptors (Lipinski definition) is 6. The molecule has 4 rings (SSSR count). The Kier molecular flexibility index (Phi) is 5.74. The number of rotatable bonds is 6. The lowest BCUT2D eigenvalue weighted by Gasteiger charge is -2.49. The van der Waals surface area contributed by atoms with E-state index in [1.165, 1.54) is 28.0 Å². The molecule has 2 aromatic rings. The molecule has 2 N–H and O–H groups in total. The summed E-state index contributed by atoms with van der Waals surface area (Å²) in [5, 5.41) is 12.1. The number of thioether (sulfide) groups is 1. The van der Waals surface area contributed by atoms with Crippen LogP contribution in [0.1, 0.15) is 16.1 Å². The molecule has 2 amide bonds. The number of aryl methyl sites for hydroxylation is 1. The van der Waals surface area contributed by atoms with E-state index in [0.717, 1.165) is 16.1 Å². The van der Waals surface area contributed by atoms with Gasteiger partial charge in [-0.2, -0.15) is 0 Å². The van der Waals surface area contributed by atoms with Crippen LogP contribution in [-0.2, 0) is 20.8 Å². The van der Waals surface area contributed by atoms with Crippen LogP contribution in [0.15, 0.2) is 53.2 Å². The molecule has 1 saturated heterocycles. The lowest BCUT2D eigenvalue weighted by molar-refractivity contribution is -0.150. The molecule has 7 nitrogen and oxygen atoms in total. The number of carboxylic acid groups (broad SMARTS) is 1. The molecule has 9 heteroatoms. The first-order valence-corrected chi connectivity index (χ1v) is 11.2. The second-order valence-electron chi connectivity index (χ2n) is 6.93. The van der Waals surface area contributed by atoms with Crippen LogP contribution in [0.3, 0.4) is 0 Å². The normalized spacial score (nSPS) is 20.8. The van der Waals surface area contributed by atoms with E-state index in [1.54, 1.807) is 11.6 Å². The fraction of sp³-hybridized carbons (Fsp3) is 0.238. The zero-order valence-electron chi connectivity index (χ0n) is 16.1. The van der Waals surface area contributed by atoms with E-state index in [-0.39, 0.29) is 18.0 Å². The largest absolute Gasteiger partial charge is 0.477 e. The monoisotopic (exact) mass is 441 g/mol. The third kappa shape index (κ3) is 3.90. The van der Waals surface area contributed by atoms with Crippen molar-refractivity contribution in [1.29, 1.82) is 0 Å². The van der Waals surface area contributed by atoms with E-state index in [4.69, 9.17) is 0 Å². The topological polar surface area (TPSA) is 99.6 Å². The number of aliphatic carboxylic acids is 1. The Morgan fingerprint density at radius 3 is 2.73 bits per heavy atom. The van der Waals surface area contributed by atoms with Gasteiger partial charge >= 0.3 is 5.97 Å². The summed E-state index contributed by atoms with van der Waals surface area (Å²) in [6.45, 7) is 1.88. The van der Waals surface area contributed by atoms with Crippen molar-refractivity contribution in [2.45, 2.75) is 24.8 Å². The molecule has 154 valence electrons. The highest BCUT2D eigenvalue weighted by Crippen LogP contribution is 2.40. The maximum absolute atomic E-state index is 12.7. The molecule has 0 radical (unpaired) electrons. The number of carbonyl (C=O) groups is 3. The van der Waals surface area contributed by atoms with Crippen LogP contribution < -0.4 is 5.32 Å². The summed E-state index contributed by atoms with van der Waals surface area (Å²) in [5.41, 5.74) is 4.01. The van der Waals surface area contributed by atoms with Crippen molar-refractivity contribution in [2.24, 2.45) is 0 Å². The van der Waals surface area contributed by atoms with E-state index in [1.807, 2.05) is 43.3 Å². The molecule has 0 aliphatic carbocycles. The maximum atomic E-state index is 12.7. The van der Waals surface area contributed by atoms with Gasteiger partial charge in [0.2, 0.25) is 5.91 Å². The van der Waals surface area contributed by atoms with Crippen molar-refractivity contribution in [3.05, 3.63) is 69.3 Å². The Hall–Kier alpha value is -2.91. The molecule has 2 aliphatic heterocycles. The smallest absolute Gasteiger partial charge is 0.352 e. The Morgan fingerprint density at radius 2 is 2.07 bits per heavy atom. The number of hydrogen-bond donors (Lipinski definition) is 2. The molecular weight excluding hydrogens is 422 g/mol. The second kappa shape index (κ2) is 8.45. The summed E-state index contributed by atoms with van der Waals surface area (Å²) in [5.74, 6) is -1.36. The molecule has 30 heavy (non-hydrogen) atoms. The van der Waals surface area contributed by atoms with Crippen LogP contribution in [-0.4, -0.2) is 49.9 Å². The number of allylic oxidation sites excluding steroid dienone is 1. The van der Waals surface area contributed by atoms with Crippen molar-refractivity contribution in [3.63, 3.8) is 0 Å². The average Bonchev–Trinajstić information content (AvgIpc) is 3.15. The molecule has 0 bridgehead atoms. The quantitative estimate of drug-likeness (QED) is 0.668. The third-order valence-corrected chi connectivity index (χ3v) is 7.14. The Labute approximate surface area is 181 Å². The van der Waals surface area contributed by atoms with Crippen molar-refractivity contribution in [2.75, 3.05) is 5.75 Å². The second-order valence-corrected chi connectivity index (χ2v) is 8.92. The minimum atomic E-state index is -1.15. The first-order valence-electron chi connectivity index (χ1n) is 9.28. The Morgan fingerprint density at radius 1 is 1.30 bits per heavy atom. The summed E-state index contributed by atoms with van der Waals surface area (Å²) >= 11 is 2.92. The third-order valence-electron chi connectivity index (χ3n) is 4.94. The summed E-state index contributed by atoms with van der Waals surface area (Å²) in [6, 6.07) is 8.55. The first-order chi connectivity index (χ1) is 14.5. The maximum Gasteiger partial charge on any atom is 0.352 e. The molecule has 3 heterocycles. The lowest BCUT2D eigenvalue weighted by atomic mass is 10.0. The van der Waals surface area contributed by atoms with Gasteiger partial charge in [-0.25, -0.2) is 9.78 Å². The van der Waals surface area contributed by atoms with Gasteiger partial charge in [-0.3, -0.25) is 14.5 Å². The van der Waals surface area contributed by atoms with E-state index >= 15 is 0 Å². The van der Waals surface area contributed by atoms with Crippen molar-refractivity contribution >= 4 is 47.0 Å². The van der Waals surface area contributed by atoms with Crippen molar-refractivity contribution in [1.82, 2.24) is 15.2 Å². The van der Waals surface area contributed by atoms with Gasteiger partial charge in [-0.1, -0.05) is 36.4 Å². The first kappa shape index (κ1) is 20.4. The van der Waals surface area contributed by atoms with Gasteiger partial charge in [0.05, 0.1) is 17.6 Å². The van der Waals surface area contributed by atoms with Gasteiger partial charge in [0.1, 0.15) is 17.1 Å². The molecule has 0 saturated carbocycles. The van der Waals surface area contributed by atoms with Crippen LogP contribution in [0, 0.1) is 6.92 Å². The Bertz CT molecular complexity index is 1060. The minimum Gasteiger partial charge on any atom is -0.477 e. The predicted octanol–water partition coefficient (Wildman–Crippen LogP) is 2.45. The van der Waals surface area contributed by atoms with E-state index in [9.17, 15) is 19.5 Å². The number of aromatic nitrogens is 1.